The summed E-state index contributed by atoms with van der Waals surface area (Å²) < 4.78 is 13.0. The van der Waals surface area contributed by atoms with Crippen LogP contribution in [0.25, 0.3) is 0 Å². The van der Waals surface area contributed by atoms with Crippen molar-refractivity contribution in [2.24, 2.45) is 0 Å². The summed E-state index contributed by atoms with van der Waals surface area (Å²) in [5, 5.41) is 2.82. The van der Waals surface area contributed by atoms with E-state index in [0.29, 0.717) is 30.2 Å². The average molecular weight is 413 g/mol. The van der Waals surface area contributed by atoms with Gasteiger partial charge in [-0.1, -0.05) is 18.6 Å². The molecule has 0 radical (unpaired) electrons. The number of likely N-dealkylation sites (tertiary alicyclic amines) is 1. The molecular formula is C22H28FN5O2. The van der Waals surface area contributed by atoms with Gasteiger partial charge in [0.15, 0.2) is 0 Å². The Morgan fingerprint density at radius 2 is 1.97 bits per heavy atom. The zero-order valence-corrected chi connectivity index (χ0v) is 17.7. The first-order chi connectivity index (χ1) is 14.3. The van der Waals surface area contributed by atoms with E-state index in [9.17, 15) is 14.0 Å². The Morgan fingerprint density at radius 3 is 2.63 bits per heavy atom. The molecule has 0 spiro atoms. The number of aryl methyl sites for hydroxylation is 1. The van der Waals surface area contributed by atoms with Crippen LogP contribution in [-0.2, 0) is 11.3 Å². The predicted molar refractivity (Wildman–Crippen MR) is 111 cm³/mol. The first-order valence-corrected chi connectivity index (χ1v) is 10.2. The number of carbonyl (C=O) groups is 2. The summed E-state index contributed by atoms with van der Waals surface area (Å²) in [6, 6.07) is 5.96. The molecule has 1 aliphatic rings. The third-order valence-corrected chi connectivity index (χ3v) is 5.36. The van der Waals surface area contributed by atoms with Gasteiger partial charge in [-0.2, -0.15) is 0 Å². The van der Waals surface area contributed by atoms with Crippen molar-refractivity contribution < 1.29 is 14.0 Å². The number of hydrogen-bond donors (Lipinski definition) is 1. The largest absolute Gasteiger partial charge is 0.348 e. The maximum Gasteiger partial charge on any atom is 0.254 e. The summed E-state index contributed by atoms with van der Waals surface area (Å²) in [6.45, 7) is 3.24. The van der Waals surface area contributed by atoms with Gasteiger partial charge in [-0.3, -0.25) is 14.5 Å². The molecule has 0 saturated carbocycles. The van der Waals surface area contributed by atoms with Crippen LogP contribution >= 0.6 is 0 Å². The van der Waals surface area contributed by atoms with Crippen LogP contribution in [0.1, 0.15) is 52.7 Å². The van der Waals surface area contributed by atoms with Crippen molar-refractivity contribution in [3.8, 4) is 0 Å². The zero-order valence-electron chi connectivity index (χ0n) is 17.7. The zero-order chi connectivity index (χ0) is 21.7. The van der Waals surface area contributed by atoms with Crippen LogP contribution < -0.4 is 5.32 Å². The number of piperidine rings is 1. The van der Waals surface area contributed by atoms with Gasteiger partial charge in [0.2, 0.25) is 5.91 Å². The van der Waals surface area contributed by atoms with E-state index in [1.54, 1.807) is 44.2 Å². The quantitative estimate of drug-likeness (QED) is 0.787. The van der Waals surface area contributed by atoms with E-state index in [-0.39, 0.29) is 23.7 Å². The summed E-state index contributed by atoms with van der Waals surface area (Å²) in [6.07, 6.45) is 4.54. The van der Waals surface area contributed by atoms with Crippen molar-refractivity contribution in [3.63, 3.8) is 0 Å². The van der Waals surface area contributed by atoms with Crippen LogP contribution in [0.15, 0.2) is 30.5 Å². The Hall–Kier alpha value is -2.87. The lowest BCUT2D eigenvalue weighted by atomic mass is 10.0. The molecule has 2 heterocycles. The summed E-state index contributed by atoms with van der Waals surface area (Å²) in [7, 11) is 3.50. The molecule has 0 aliphatic carbocycles. The maximum absolute atomic E-state index is 13.0. The molecule has 2 amide bonds. The fourth-order valence-corrected chi connectivity index (χ4v) is 3.54. The number of carbonyl (C=O) groups excluding carboxylic acids is 2. The smallest absolute Gasteiger partial charge is 0.254 e. The number of aromatic nitrogens is 2. The molecule has 0 bridgehead atoms. The molecule has 1 aliphatic heterocycles. The third-order valence-electron chi connectivity index (χ3n) is 5.36. The van der Waals surface area contributed by atoms with E-state index in [0.717, 1.165) is 31.4 Å². The van der Waals surface area contributed by atoms with Gasteiger partial charge in [-0.15, -0.1) is 0 Å². The fraction of sp³-hybridized carbons (Fsp3) is 0.455. The average Bonchev–Trinajstić information content (AvgIpc) is 2.73. The minimum Gasteiger partial charge on any atom is -0.348 e. The van der Waals surface area contributed by atoms with Crippen LogP contribution in [0.5, 0.6) is 0 Å². The van der Waals surface area contributed by atoms with Gasteiger partial charge in [-0.25, -0.2) is 14.4 Å². The molecule has 1 N–H and O–H groups in total. The number of rotatable bonds is 6. The summed E-state index contributed by atoms with van der Waals surface area (Å²) in [5.41, 5.74) is 1.82. The van der Waals surface area contributed by atoms with Crippen LogP contribution in [0, 0.1) is 12.7 Å². The van der Waals surface area contributed by atoms with Gasteiger partial charge in [0.05, 0.1) is 23.8 Å². The van der Waals surface area contributed by atoms with Crippen molar-refractivity contribution in [1.82, 2.24) is 25.1 Å². The number of amides is 2. The van der Waals surface area contributed by atoms with E-state index in [1.165, 1.54) is 12.1 Å². The van der Waals surface area contributed by atoms with Gasteiger partial charge in [-0.05, 0) is 44.0 Å². The van der Waals surface area contributed by atoms with Gasteiger partial charge in [0, 0.05) is 26.8 Å². The first kappa shape index (κ1) is 21.8. The number of nitrogens with one attached hydrogen (secondary N) is 1. The molecule has 3 rings (SSSR count). The first-order valence-electron chi connectivity index (χ1n) is 10.2. The minimum absolute atomic E-state index is 0.0299. The molecule has 0 unspecified atom stereocenters. The topological polar surface area (TPSA) is 78.4 Å². The Bertz CT molecular complexity index is 901. The lowest BCUT2D eigenvalue weighted by Gasteiger charge is -2.34. The molecule has 30 heavy (non-hydrogen) atoms. The Morgan fingerprint density at radius 1 is 1.23 bits per heavy atom. The predicted octanol–water partition coefficient (Wildman–Crippen LogP) is 2.47. The summed E-state index contributed by atoms with van der Waals surface area (Å²) in [5.74, 6) is 0.116. The number of benzene rings is 1. The number of likely N-dealkylation sites (N-methyl/N-ethyl adjacent to an activating group) is 1. The van der Waals surface area contributed by atoms with Crippen molar-refractivity contribution >= 4 is 11.8 Å². The summed E-state index contributed by atoms with van der Waals surface area (Å²) in [4.78, 5) is 37.5. The molecule has 1 aromatic carbocycles. The molecule has 160 valence electrons. The molecular weight excluding hydrogens is 385 g/mol. The molecule has 7 nitrogen and oxygen atoms in total. The number of halogens is 1. The highest BCUT2D eigenvalue weighted by Gasteiger charge is 2.28. The number of hydrogen-bond acceptors (Lipinski definition) is 5. The Labute approximate surface area is 176 Å². The maximum atomic E-state index is 13.0. The van der Waals surface area contributed by atoms with Crippen LogP contribution in [0.2, 0.25) is 0 Å². The second kappa shape index (κ2) is 9.75. The minimum atomic E-state index is -0.311. The van der Waals surface area contributed by atoms with Crippen molar-refractivity contribution in [1.29, 1.82) is 0 Å². The van der Waals surface area contributed by atoms with Gasteiger partial charge >= 0.3 is 0 Å². The van der Waals surface area contributed by atoms with E-state index in [1.807, 2.05) is 0 Å². The highest BCUT2D eigenvalue weighted by atomic mass is 19.1. The van der Waals surface area contributed by atoms with E-state index >= 15 is 0 Å². The fourth-order valence-electron chi connectivity index (χ4n) is 3.54. The molecule has 1 saturated heterocycles. The van der Waals surface area contributed by atoms with Gasteiger partial charge in [0.1, 0.15) is 11.6 Å². The second-order valence-corrected chi connectivity index (χ2v) is 7.81. The Kier molecular flexibility index (Phi) is 7.10. The lowest BCUT2D eigenvalue weighted by Crippen LogP contribution is -2.41. The monoisotopic (exact) mass is 413 g/mol. The second-order valence-electron chi connectivity index (χ2n) is 7.81. The van der Waals surface area contributed by atoms with Crippen molar-refractivity contribution in [2.75, 3.05) is 27.2 Å². The van der Waals surface area contributed by atoms with E-state index in [2.05, 4.69) is 20.2 Å². The Balaban J connectivity index is 1.69. The SMILES string of the molecule is Cc1nc([C@H]2CCCCN2CC(=O)N(C)C)ncc1C(=O)NCc1ccc(F)cc1. The highest BCUT2D eigenvalue weighted by molar-refractivity contribution is 5.94. The molecule has 8 heteroatoms. The van der Waals surface area contributed by atoms with E-state index in [4.69, 9.17) is 0 Å². The van der Waals surface area contributed by atoms with Crippen molar-refractivity contribution in [3.05, 3.63) is 58.9 Å². The highest BCUT2D eigenvalue weighted by Crippen LogP contribution is 2.29. The van der Waals surface area contributed by atoms with Gasteiger partial charge in [0.25, 0.3) is 5.91 Å². The van der Waals surface area contributed by atoms with Crippen LogP contribution in [0.3, 0.4) is 0 Å². The van der Waals surface area contributed by atoms with E-state index < -0.39 is 0 Å². The van der Waals surface area contributed by atoms with Crippen LogP contribution in [0.4, 0.5) is 4.39 Å². The lowest BCUT2D eigenvalue weighted by molar-refractivity contribution is -0.130. The van der Waals surface area contributed by atoms with Crippen molar-refractivity contribution in [2.45, 2.75) is 38.8 Å². The molecule has 1 fully saturated rings. The standard InChI is InChI=1S/C22H28FN5O2/c1-15-18(22(30)25-12-16-7-9-17(23)10-8-16)13-24-21(26-15)19-6-4-5-11-28(19)14-20(29)27(2)3/h7-10,13,19H,4-6,11-12,14H2,1-3H3,(H,25,30)/t19-/m1/s1. The number of nitrogens with zero attached hydrogens (tertiary/aromatic N) is 4. The molecule has 1 atom stereocenters. The van der Waals surface area contributed by atoms with Gasteiger partial charge < -0.3 is 10.2 Å². The molecule has 2 aromatic rings. The normalized spacial score (nSPS) is 16.9. The third kappa shape index (κ3) is 5.38. The summed E-state index contributed by atoms with van der Waals surface area (Å²) >= 11 is 0. The molecule has 1 aromatic heterocycles. The van der Waals surface area contributed by atoms with Crippen LogP contribution in [-0.4, -0.2) is 58.8 Å².